The molecule has 3 atom stereocenters. The Balaban J connectivity index is 1.90. The zero-order chi connectivity index (χ0) is 27.4. The van der Waals surface area contributed by atoms with Crippen LogP contribution in [0.4, 0.5) is 11.4 Å². The fraction of sp³-hybridized carbons (Fsp3) is 0.192. The topological polar surface area (TPSA) is 145 Å². The van der Waals surface area contributed by atoms with Crippen molar-refractivity contribution in [1.29, 1.82) is 0 Å². The highest BCUT2D eigenvalue weighted by Crippen LogP contribution is 2.45. The number of rotatable bonds is 8. The minimum absolute atomic E-state index is 0.0422. The summed E-state index contributed by atoms with van der Waals surface area (Å²) >= 11 is 7.25. The highest BCUT2D eigenvalue weighted by atomic mass is 35.5. The van der Waals surface area contributed by atoms with Crippen LogP contribution in [0.1, 0.15) is 30.1 Å². The smallest absolute Gasteiger partial charge is 0.339 e. The van der Waals surface area contributed by atoms with E-state index in [1.165, 1.54) is 48.2 Å². The number of hydrogen-bond donors (Lipinski definition) is 2. The minimum atomic E-state index is -1.000. The second kappa shape index (κ2) is 11.6. The van der Waals surface area contributed by atoms with Gasteiger partial charge in [0.15, 0.2) is 0 Å². The molecule has 0 saturated carbocycles. The third-order valence-electron chi connectivity index (χ3n) is 5.91. The van der Waals surface area contributed by atoms with Crippen molar-refractivity contribution in [3.05, 3.63) is 121 Å². The van der Waals surface area contributed by atoms with Gasteiger partial charge < -0.3 is 9.84 Å². The van der Waals surface area contributed by atoms with Crippen LogP contribution in [0, 0.1) is 20.2 Å². The van der Waals surface area contributed by atoms with Gasteiger partial charge in [-0.1, -0.05) is 35.9 Å². The van der Waals surface area contributed by atoms with Crippen LogP contribution in [-0.2, 0) is 9.53 Å². The highest BCUT2D eigenvalue weighted by Gasteiger charge is 2.42. The monoisotopic (exact) mass is 555 g/mol. The zero-order valence-corrected chi connectivity index (χ0v) is 21.5. The third kappa shape index (κ3) is 5.80. The van der Waals surface area contributed by atoms with Gasteiger partial charge in [0.05, 0.1) is 39.4 Å². The van der Waals surface area contributed by atoms with Crippen LogP contribution < -0.4 is 5.32 Å². The van der Waals surface area contributed by atoms with Crippen LogP contribution in [0.5, 0.6) is 0 Å². The lowest BCUT2D eigenvalue weighted by Gasteiger charge is -2.38. The molecule has 0 aromatic heterocycles. The summed E-state index contributed by atoms with van der Waals surface area (Å²) in [5.41, 5.74) is 0.387. The first-order valence-electron chi connectivity index (χ1n) is 11.5. The van der Waals surface area contributed by atoms with Crippen LogP contribution in [0.15, 0.2) is 89.0 Å². The number of hydrogen-bond acceptors (Lipinski definition) is 9. The standard InChI is InChI=1S/C26H22ClN3O7S/c1-2-37-26(32)21-22(15-5-3-7-18(13-15)29(33)34)28-23(16-6-4-8-19(14-16)30(35)36)25(24(21)31)38-20-11-9-17(27)10-12-20/h3-14,22-23,25,28,31H,2H2,1H3/t22-,23-,25-/m0/s1. The number of non-ortho nitro benzene ring substituents is 2. The molecule has 0 fully saturated rings. The molecule has 1 aliphatic heterocycles. The van der Waals surface area contributed by atoms with Crippen molar-refractivity contribution >= 4 is 40.7 Å². The Morgan fingerprint density at radius 1 is 1.00 bits per heavy atom. The summed E-state index contributed by atoms with van der Waals surface area (Å²) in [7, 11) is 0. The van der Waals surface area contributed by atoms with E-state index in [4.69, 9.17) is 16.3 Å². The minimum Gasteiger partial charge on any atom is -0.510 e. The first-order chi connectivity index (χ1) is 18.2. The second-order valence-electron chi connectivity index (χ2n) is 8.29. The normalized spacial score (nSPS) is 19.2. The van der Waals surface area contributed by atoms with Crippen LogP contribution >= 0.6 is 23.4 Å². The number of nitro benzene ring substituents is 2. The quantitative estimate of drug-likeness (QED) is 0.192. The number of nitrogens with one attached hydrogen (secondary N) is 1. The van der Waals surface area contributed by atoms with Gasteiger partial charge in [0, 0.05) is 34.2 Å². The fourth-order valence-corrected chi connectivity index (χ4v) is 5.53. The van der Waals surface area contributed by atoms with Gasteiger partial charge in [-0.2, -0.15) is 0 Å². The highest BCUT2D eigenvalue weighted by molar-refractivity contribution is 8.00. The molecule has 4 rings (SSSR count). The summed E-state index contributed by atoms with van der Waals surface area (Å²) in [4.78, 5) is 35.7. The van der Waals surface area contributed by atoms with Crippen molar-refractivity contribution in [3.8, 4) is 0 Å². The average molecular weight is 556 g/mol. The number of thioether (sulfide) groups is 1. The second-order valence-corrected chi connectivity index (χ2v) is 9.94. The predicted octanol–water partition coefficient (Wildman–Crippen LogP) is 6.08. The number of nitrogens with zero attached hydrogens (tertiary/aromatic N) is 2. The predicted molar refractivity (Wildman–Crippen MR) is 142 cm³/mol. The molecule has 0 unspecified atom stereocenters. The molecule has 1 heterocycles. The van der Waals surface area contributed by atoms with Gasteiger partial charge in [-0.15, -0.1) is 11.8 Å². The Kier molecular flexibility index (Phi) is 8.30. The van der Waals surface area contributed by atoms with Gasteiger partial charge in [0.2, 0.25) is 0 Å². The van der Waals surface area contributed by atoms with E-state index in [1.54, 1.807) is 43.3 Å². The molecule has 10 nitrogen and oxygen atoms in total. The van der Waals surface area contributed by atoms with Crippen molar-refractivity contribution < 1.29 is 24.5 Å². The van der Waals surface area contributed by atoms with Gasteiger partial charge in [-0.3, -0.25) is 25.5 Å². The van der Waals surface area contributed by atoms with Gasteiger partial charge >= 0.3 is 5.97 Å². The van der Waals surface area contributed by atoms with Crippen LogP contribution in [-0.4, -0.2) is 32.8 Å². The van der Waals surface area contributed by atoms with Crippen molar-refractivity contribution in [2.45, 2.75) is 29.2 Å². The molecule has 2 N–H and O–H groups in total. The lowest BCUT2D eigenvalue weighted by atomic mass is 9.87. The van der Waals surface area contributed by atoms with Gasteiger partial charge in [0.25, 0.3) is 11.4 Å². The molecule has 0 amide bonds. The van der Waals surface area contributed by atoms with E-state index < -0.39 is 33.1 Å². The maximum atomic E-state index is 13.1. The summed E-state index contributed by atoms with van der Waals surface area (Å²) in [6.07, 6.45) is 0. The molecule has 3 aromatic rings. The largest absolute Gasteiger partial charge is 0.510 e. The molecule has 0 aliphatic carbocycles. The van der Waals surface area contributed by atoms with E-state index in [1.807, 2.05) is 0 Å². The first kappa shape index (κ1) is 27.1. The number of carbonyl (C=O) groups is 1. The number of ether oxygens (including phenoxy) is 1. The molecule has 3 aromatic carbocycles. The molecular formula is C26H22ClN3O7S. The summed E-state index contributed by atoms with van der Waals surface area (Å²) in [5.74, 6) is -1.08. The number of aliphatic hydroxyl groups is 1. The number of halogens is 1. The summed E-state index contributed by atoms with van der Waals surface area (Å²) in [6.45, 7) is 1.67. The van der Waals surface area contributed by atoms with E-state index in [0.29, 0.717) is 16.1 Å². The number of carbonyl (C=O) groups excluding carboxylic acids is 1. The SMILES string of the molecule is CCOC(=O)C1=C(O)[C@@H](Sc2ccc(Cl)cc2)[C@H](c2cccc([N+](=O)[O-])c2)N[C@H]1c1cccc([N+](=O)[O-])c1. The van der Waals surface area contributed by atoms with Crippen molar-refractivity contribution in [2.24, 2.45) is 0 Å². The lowest BCUT2D eigenvalue weighted by Crippen LogP contribution is -2.43. The van der Waals surface area contributed by atoms with E-state index in [-0.39, 0.29) is 29.3 Å². The number of benzene rings is 3. The Bertz CT molecular complexity index is 1410. The summed E-state index contributed by atoms with van der Waals surface area (Å²) < 4.78 is 5.24. The molecule has 0 bridgehead atoms. The summed E-state index contributed by atoms with van der Waals surface area (Å²) in [5, 5.41) is 37.5. The molecule has 38 heavy (non-hydrogen) atoms. The van der Waals surface area contributed by atoms with Crippen LogP contribution in [0.3, 0.4) is 0 Å². The fourth-order valence-electron chi connectivity index (χ4n) is 4.21. The van der Waals surface area contributed by atoms with Crippen molar-refractivity contribution in [3.63, 3.8) is 0 Å². The van der Waals surface area contributed by atoms with Crippen LogP contribution in [0.25, 0.3) is 0 Å². The van der Waals surface area contributed by atoms with E-state index in [0.717, 1.165) is 4.90 Å². The zero-order valence-electron chi connectivity index (χ0n) is 19.9. The maximum absolute atomic E-state index is 13.1. The van der Waals surface area contributed by atoms with Gasteiger partial charge in [0.1, 0.15) is 5.76 Å². The van der Waals surface area contributed by atoms with Gasteiger partial charge in [-0.25, -0.2) is 4.79 Å². The Hall–Kier alpha value is -3.93. The van der Waals surface area contributed by atoms with Crippen molar-refractivity contribution in [1.82, 2.24) is 5.32 Å². The first-order valence-corrected chi connectivity index (χ1v) is 12.7. The number of esters is 1. The van der Waals surface area contributed by atoms with E-state index in [9.17, 15) is 30.1 Å². The maximum Gasteiger partial charge on any atom is 0.339 e. The van der Waals surface area contributed by atoms with E-state index >= 15 is 0 Å². The molecule has 0 saturated heterocycles. The molecule has 12 heteroatoms. The Morgan fingerprint density at radius 3 is 2.16 bits per heavy atom. The Labute approximate surface area is 226 Å². The molecule has 0 spiro atoms. The van der Waals surface area contributed by atoms with Gasteiger partial charge in [-0.05, 0) is 42.3 Å². The summed E-state index contributed by atoms with van der Waals surface area (Å²) in [6, 6.07) is 16.8. The number of aliphatic hydroxyl groups excluding tert-OH is 1. The number of nitro groups is 2. The Morgan fingerprint density at radius 2 is 1.58 bits per heavy atom. The molecular weight excluding hydrogens is 534 g/mol. The van der Waals surface area contributed by atoms with Crippen molar-refractivity contribution in [2.75, 3.05) is 6.61 Å². The molecule has 1 aliphatic rings. The molecule has 0 radical (unpaired) electrons. The lowest BCUT2D eigenvalue weighted by molar-refractivity contribution is -0.385. The van der Waals surface area contributed by atoms with E-state index in [2.05, 4.69) is 5.32 Å². The molecule has 196 valence electrons. The average Bonchev–Trinajstić information content (AvgIpc) is 2.91. The van der Waals surface area contributed by atoms with Crippen LogP contribution in [0.2, 0.25) is 5.02 Å². The third-order valence-corrected chi connectivity index (χ3v) is 7.46.